The van der Waals surface area contributed by atoms with Crippen molar-refractivity contribution in [2.45, 2.75) is 25.6 Å². The molecule has 1 atom stereocenters. The number of amides is 1. The predicted molar refractivity (Wildman–Crippen MR) is 115 cm³/mol. The number of aromatic nitrogens is 5. The molecule has 0 bridgehead atoms. The largest absolute Gasteiger partial charge is 0.435 e. The molecule has 0 fully saturated rings. The van der Waals surface area contributed by atoms with Crippen LogP contribution in [-0.2, 0) is 26.7 Å². The van der Waals surface area contributed by atoms with E-state index >= 15 is 0 Å². The van der Waals surface area contributed by atoms with Gasteiger partial charge >= 0.3 is 6.18 Å². The summed E-state index contributed by atoms with van der Waals surface area (Å²) in [6.07, 6.45) is -2.96. The number of carbonyl (C=O) groups excluding carboxylic acids is 1. The van der Waals surface area contributed by atoms with E-state index in [1.54, 1.807) is 18.9 Å². The summed E-state index contributed by atoms with van der Waals surface area (Å²) in [6.45, 7) is 2.03. The minimum Gasteiger partial charge on any atom is -0.330 e. The van der Waals surface area contributed by atoms with Gasteiger partial charge in [0.25, 0.3) is 5.91 Å². The third-order valence-electron chi connectivity index (χ3n) is 6.28. The van der Waals surface area contributed by atoms with Gasteiger partial charge < -0.3 is 4.90 Å². The summed E-state index contributed by atoms with van der Waals surface area (Å²) in [5.41, 5.74) is 1.29. The van der Waals surface area contributed by atoms with Crippen molar-refractivity contribution in [3.63, 3.8) is 0 Å². The van der Waals surface area contributed by atoms with Crippen molar-refractivity contribution in [1.82, 2.24) is 29.4 Å². The number of aryl methyl sites for hydroxylation is 2. The lowest BCUT2D eigenvalue weighted by Gasteiger charge is -2.33. The molecule has 5 rings (SSSR count). The molecule has 0 N–H and O–H groups in total. The van der Waals surface area contributed by atoms with Crippen molar-refractivity contribution in [3.8, 4) is 11.4 Å². The first-order valence-electron chi connectivity index (χ1n) is 10.7. The van der Waals surface area contributed by atoms with Crippen LogP contribution in [0.15, 0.2) is 30.5 Å². The van der Waals surface area contributed by atoms with Crippen molar-refractivity contribution in [2.75, 3.05) is 6.54 Å². The summed E-state index contributed by atoms with van der Waals surface area (Å²) < 4.78 is 69.9. The molecule has 0 radical (unpaired) electrons. The topological polar surface area (TPSA) is 68.8 Å². The van der Waals surface area contributed by atoms with Gasteiger partial charge in [-0.3, -0.25) is 19.1 Å². The fourth-order valence-electron chi connectivity index (χ4n) is 4.60. The Bertz CT molecular complexity index is 1490. The van der Waals surface area contributed by atoms with Crippen molar-refractivity contribution in [3.05, 3.63) is 64.6 Å². The van der Waals surface area contributed by atoms with Crippen LogP contribution in [-0.4, -0.2) is 41.9 Å². The maximum atomic E-state index is 14.2. The average molecular weight is 490 g/mol. The number of fused-ring (bicyclic) bond motifs is 2. The Morgan fingerprint density at radius 1 is 1.06 bits per heavy atom. The van der Waals surface area contributed by atoms with E-state index in [1.807, 2.05) is 0 Å². The van der Waals surface area contributed by atoms with Crippen molar-refractivity contribution >= 4 is 16.8 Å². The van der Waals surface area contributed by atoms with Crippen LogP contribution in [0.4, 0.5) is 22.0 Å². The van der Waals surface area contributed by atoms with E-state index in [2.05, 4.69) is 15.2 Å². The van der Waals surface area contributed by atoms with Gasteiger partial charge in [0.2, 0.25) is 0 Å². The predicted octanol–water partition coefficient (Wildman–Crippen LogP) is 4.43. The Labute approximate surface area is 195 Å². The number of hydrogen-bond donors (Lipinski definition) is 0. The van der Waals surface area contributed by atoms with Crippen LogP contribution in [0.5, 0.6) is 0 Å². The van der Waals surface area contributed by atoms with E-state index in [1.165, 1.54) is 28.7 Å². The maximum Gasteiger partial charge on any atom is 0.435 e. The molecule has 1 amide bonds. The van der Waals surface area contributed by atoms with Gasteiger partial charge in [-0.05, 0) is 25.5 Å². The molecular formula is C23H19F5N6O. The fraction of sp³-hybridized carbons (Fsp3) is 0.304. The number of rotatable bonds is 2. The van der Waals surface area contributed by atoms with E-state index in [9.17, 15) is 26.7 Å². The highest BCUT2D eigenvalue weighted by Crippen LogP contribution is 2.38. The van der Waals surface area contributed by atoms with Gasteiger partial charge in [-0.25, -0.2) is 8.78 Å². The second-order valence-corrected chi connectivity index (χ2v) is 8.48. The van der Waals surface area contributed by atoms with Gasteiger partial charge in [-0.15, -0.1) is 0 Å². The Kier molecular flexibility index (Phi) is 5.15. The first kappa shape index (κ1) is 22.9. The third-order valence-corrected chi connectivity index (χ3v) is 6.28. The molecule has 0 spiro atoms. The number of benzene rings is 1. The quantitative estimate of drug-likeness (QED) is 0.390. The lowest BCUT2D eigenvalue weighted by atomic mass is 9.96. The molecule has 0 saturated carbocycles. The Morgan fingerprint density at radius 2 is 1.80 bits per heavy atom. The van der Waals surface area contributed by atoms with Gasteiger partial charge in [-0.1, -0.05) is 0 Å². The van der Waals surface area contributed by atoms with E-state index in [-0.39, 0.29) is 28.7 Å². The number of carbonyl (C=O) groups is 1. The molecule has 35 heavy (non-hydrogen) atoms. The summed E-state index contributed by atoms with van der Waals surface area (Å²) in [5, 5.41) is 8.12. The van der Waals surface area contributed by atoms with Crippen LogP contribution in [0.2, 0.25) is 0 Å². The van der Waals surface area contributed by atoms with E-state index < -0.39 is 35.5 Å². The van der Waals surface area contributed by atoms with Crippen molar-refractivity contribution in [2.24, 2.45) is 14.1 Å². The highest BCUT2D eigenvalue weighted by molar-refractivity contribution is 5.97. The molecule has 12 heteroatoms. The van der Waals surface area contributed by atoms with Crippen molar-refractivity contribution in [1.29, 1.82) is 0 Å². The van der Waals surface area contributed by atoms with Gasteiger partial charge in [0.15, 0.2) is 5.69 Å². The van der Waals surface area contributed by atoms with E-state index in [4.69, 9.17) is 0 Å². The molecule has 4 aromatic rings. The Hall–Kier alpha value is -3.83. The van der Waals surface area contributed by atoms with Crippen LogP contribution < -0.4 is 0 Å². The molecule has 7 nitrogen and oxygen atoms in total. The van der Waals surface area contributed by atoms with E-state index in [0.29, 0.717) is 17.8 Å². The van der Waals surface area contributed by atoms with Crippen molar-refractivity contribution < 1.29 is 26.7 Å². The monoisotopic (exact) mass is 490 g/mol. The molecule has 3 aromatic heterocycles. The number of nitrogens with zero attached hydrogens (tertiary/aromatic N) is 6. The molecule has 1 aromatic carbocycles. The second kappa shape index (κ2) is 7.85. The van der Waals surface area contributed by atoms with Gasteiger partial charge in [0.1, 0.15) is 11.6 Å². The van der Waals surface area contributed by atoms with Gasteiger partial charge in [-0.2, -0.15) is 23.4 Å². The van der Waals surface area contributed by atoms with Crippen LogP contribution in [0, 0.1) is 11.6 Å². The van der Waals surface area contributed by atoms with Crippen LogP contribution in [0.1, 0.15) is 40.3 Å². The SMILES string of the molecule is C[C@H]1c2nn(C)c(-c3cc(C(F)(F)F)nn3C)c2CCN1C(=O)c1cnc2cc(F)cc(F)c2c1. The van der Waals surface area contributed by atoms with E-state index in [0.717, 1.165) is 23.8 Å². The standard InChI is InChI=1S/C23H19F5N6O/c1-11-20-14(21(33(3)31-20)18-9-19(23(26,27)28)30-32(18)2)4-5-34(11)22(35)12-6-15-16(25)7-13(24)8-17(15)29-10-12/h6-11H,4-5H2,1-3H3/t11-/m0/s1. The fourth-order valence-corrected chi connectivity index (χ4v) is 4.60. The molecule has 0 aliphatic carbocycles. The highest BCUT2D eigenvalue weighted by atomic mass is 19.4. The zero-order valence-electron chi connectivity index (χ0n) is 18.9. The summed E-state index contributed by atoms with van der Waals surface area (Å²) >= 11 is 0. The number of alkyl halides is 3. The first-order chi connectivity index (χ1) is 16.5. The first-order valence-corrected chi connectivity index (χ1v) is 10.7. The zero-order valence-corrected chi connectivity index (χ0v) is 18.9. The molecule has 4 heterocycles. The normalized spacial score (nSPS) is 16.1. The summed E-state index contributed by atoms with van der Waals surface area (Å²) in [7, 11) is 3.06. The molecule has 1 aliphatic heterocycles. The highest BCUT2D eigenvalue weighted by Gasteiger charge is 2.37. The second-order valence-electron chi connectivity index (χ2n) is 8.48. The third kappa shape index (κ3) is 3.72. The lowest BCUT2D eigenvalue weighted by Crippen LogP contribution is -2.39. The summed E-state index contributed by atoms with van der Waals surface area (Å²) in [5.74, 6) is -1.99. The summed E-state index contributed by atoms with van der Waals surface area (Å²) in [6, 6.07) is 3.62. The number of pyridine rings is 1. The maximum absolute atomic E-state index is 14.2. The van der Waals surface area contributed by atoms with Crippen LogP contribution >= 0.6 is 0 Å². The number of halogens is 5. The van der Waals surface area contributed by atoms with Gasteiger partial charge in [0, 0.05) is 49.9 Å². The van der Waals surface area contributed by atoms with Crippen LogP contribution in [0.3, 0.4) is 0 Å². The Balaban J connectivity index is 1.50. The minimum absolute atomic E-state index is 0.0272. The molecular weight excluding hydrogens is 471 g/mol. The molecule has 0 saturated heterocycles. The van der Waals surface area contributed by atoms with Crippen LogP contribution in [0.25, 0.3) is 22.3 Å². The lowest BCUT2D eigenvalue weighted by molar-refractivity contribution is -0.141. The molecule has 1 aliphatic rings. The zero-order chi connectivity index (χ0) is 25.2. The minimum atomic E-state index is -4.58. The molecule has 0 unspecified atom stereocenters. The Morgan fingerprint density at radius 3 is 2.49 bits per heavy atom. The average Bonchev–Trinajstić information content (AvgIpc) is 3.32. The molecule has 182 valence electrons. The summed E-state index contributed by atoms with van der Waals surface area (Å²) in [4.78, 5) is 18.9. The smallest absolute Gasteiger partial charge is 0.330 e. The number of hydrogen-bond acceptors (Lipinski definition) is 4. The van der Waals surface area contributed by atoms with Gasteiger partial charge in [0.05, 0.1) is 34.2 Å².